The van der Waals surface area contributed by atoms with Gasteiger partial charge in [0.05, 0.1) is 11.1 Å². The van der Waals surface area contributed by atoms with E-state index in [0.29, 0.717) is 24.5 Å². The lowest BCUT2D eigenvalue weighted by Crippen LogP contribution is -2.48. The average molecular weight is 366 g/mol. The number of hydrogen-bond donors (Lipinski definition) is 2. The fourth-order valence-corrected chi connectivity index (χ4v) is 4.72. The highest BCUT2D eigenvalue weighted by molar-refractivity contribution is 7.89. The summed E-state index contributed by atoms with van der Waals surface area (Å²) in [5.41, 5.74) is 0.993. The Hall–Kier alpha value is -1.97. The van der Waals surface area contributed by atoms with E-state index >= 15 is 0 Å². The van der Waals surface area contributed by atoms with Crippen molar-refractivity contribution in [2.75, 3.05) is 11.9 Å². The number of aryl methyl sites for hydroxylation is 1. The number of anilines is 1. The van der Waals surface area contributed by atoms with Crippen LogP contribution in [0.2, 0.25) is 0 Å². The van der Waals surface area contributed by atoms with E-state index < -0.39 is 22.2 Å². The van der Waals surface area contributed by atoms with Crippen LogP contribution in [0.15, 0.2) is 40.7 Å². The molecular weight excluding hydrogens is 348 g/mol. The SMILES string of the molecule is Cc1ccc(S(=O)(=O)N2CCCC2NC(=O)Nc2nccs2)cc1. The molecular formula is C15H18N4O3S2. The largest absolute Gasteiger partial charge is 0.322 e. The monoisotopic (exact) mass is 366 g/mol. The molecule has 1 aromatic carbocycles. The molecule has 1 aromatic heterocycles. The molecule has 1 aliphatic heterocycles. The van der Waals surface area contributed by atoms with Crippen molar-refractivity contribution in [3.05, 3.63) is 41.4 Å². The smallest absolute Gasteiger partial charge is 0.321 e. The zero-order chi connectivity index (χ0) is 17.2. The predicted molar refractivity (Wildman–Crippen MR) is 92.4 cm³/mol. The number of benzene rings is 1. The minimum Gasteiger partial charge on any atom is -0.321 e. The summed E-state index contributed by atoms with van der Waals surface area (Å²) < 4.78 is 26.9. The van der Waals surface area contributed by atoms with Gasteiger partial charge in [0.15, 0.2) is 5.13 Å². The summed E-state index contributed by atoms with van der Waals surface area (Å²) in [6.45, 7) is 2.29. The number of rotatable bonds is 4. The molecule has 1 saturated heterocycles. The van der Waals surface area contributed by atoms with E-state index in [1.54, 1.807) is 35.8 Å². The molecule has 128 valence electrons. The number of aromatic nitrogens is 1. The highest BCUT2D eigenvalue weighted by Gasteiger charge is 2.36. The van der Waals surface area contributed by atoms with Crippen LogP contribution >= 0.6 is 11.3 Å². The van der Waals surface area contributed by atoms with Crippen LogP contribution < -0.4 is 10.6 Å². The first-order chi connectivity index (χ1) is 11.5. The molecule has 2 heterocycles. The van der Waals surface area contributed by atoms with E-state index in [4.69, 9.17) is 0 Å². The zero-order valence-corrected chi connectivity index (χ0v) is 14.7. The van der Waals surface area contributed by atoms with Crippen molar-refractivity contribution < 1.29 is 13.2 Å². The molecule has 1 aliphatic rings. The summed E-state index contributed by atoms with van der Waals surface area (Å²) in [6, 6.07) is 6.26. The molecule has 0 radical (unpaired) electrons. The molecule has 3 rings (SSSR count). The summed E-state index contributed by atoms with van der Waals surface area (Å²) >= 11 is 1.30. The van der Waals surface area contributed by atoms with Gasteiger partial charge in [-0.3, -0.25) is 5.32 Å². The number of carbonyl (C=O) groups excluding carboxylic acids is 1. The van der Waals surface area contributed by atoms with Crippen molar-refractivity contribution in [2.45, 2.75) is 30.8 Å². The van der Waals surface area contributed by atoms with Crippen LogP contribution in [0.3, 0.4) is 0 Å². The van der Waals surface area contributed by atoms with Crippen molar-refractivity contribution >= 4 is 32.5 Å². The number of amides is 2. The topological polar surface area (TPSA) is 91.4 Å². The normalized spacial score (nSPS) is 18.5. The van der Waals surface area contributed by atoms with Gasteiger partial charge in [0.1, 0.15) is 0 Å². The Morgan fingerprint density at radius 2 is 2.08 bits per heavy atom. The summed E-state index contributed by atoms with van der Waals surface area (Å²) in [5, 5.41) is 7.54. The van der Waals surface area contributed by atoms with E-state index in [0.717, 1.165) is 5.56 Å². The molecule has 0 saturated carbocycles. The molecule has 1 atom stereocenters. The van der Waals surface area contributed by atoms with Gasteiger partial charge in [0.25, 0.3) is 0 Å². The van der Waals surface area contributed by atoms with E-state index in [2.05, 4.69) is 15.6 Å². The van der Waals surface area contributed by atoms with Crippen LogP contribution in [-0.4, -0.2) is 36.4 Å². The Morgan fingerprint density at radius 3 is 2.75 bits per heavy atom. The lowest BCUT2D eigenvalue weighted by molar-refractivity contribution is 0.240. The number of urea groups is 1. The molecule has 2 N–H and O–H groups in total. The maximum atomic E-state index is 12.8. The van der Waals surface area contributed by atoms with E-state index in [9.17, 15) is 13.2 Å². The minimum absolute atomic E-state index is 0.238. The predicted octanol–water partition coefficient (Wildman–Crippen LogP) is 2.38. The summed E-state index contributed by atoms with van der Waals surface area (Å²) in [7, 11) is -3.63. The second-order valence-electron chi connectivity index (χ2n) is 5.52. The van der Waals surface area contributed by atoms with Crippen LogP contribution in [0.1, 0.15) is 18.4 Å². The Kier molecular flexibility index (Phi) is 4.83. The van der Waals surface area contributed by atoms with Crippen LogP contribution in [0.4, 0.5) is 9.93 Å². The molecule has 1 unspecified atom stereocenters. The molecule has 7 nitrogen and oxygen atoms in total. The first-order valence-corrected chi connectivity index (χ1v) is 9.84. The molecule has 2 amide bonds. The van der Waals surface area contributed by atoms with E-state index in [-0.39, 0.29) is 4.90 Å². The van der Waals surface area contributed by atoms with Crippen molar-refractivity contribution in [1.82, 2.24) is 14.6 Å². The maximum Gasteiger partial charge on any atom is 0.322 e. The second kappa shape index (κ2) is 6.88. The van der Waals surface area contributed by atoms with Crippen LogP contribution in [0.25, 0.3) is 0 Å². The number of nitrogens with zero attached hydrogens (tertiary/aromatic N) is 2. The molecule has 24 heavy (non-hydrogen) atoms. The molecule has 1 fully saturated rings. The van der Waals surface area contributed by atoms with Gasteiger partial charge in [-0.2, -0.15) is 4.31 Å². The zero-order valence-electron chi connectivity index (χ0n) is 13.1. The lowest BCUT2D eigenvalue weighted by Gasteiger charge is -2.24. The van der Waals surface area contributed by atoms with Gasteiger partial charge < -0.3 is 5.32 Å². The average Bonchev–Trinajstić information content (AvgIpc) is 3.19. The summed E-state index contributed by atoms with van der Waals surface area (Å²) in [5.74, 6) is 0. The quantitative estimate of drug-likeness (QED) is 0.869. The summed E-state index contributed by atoms with van der Waals surface area (Å²) in [4.78, 5) is 16.3. The lowest BCUT2D eigenvalue weighted by atomic mass is 10.2. The van der Waals surface area contributed by atoms with Crippen molar-refractivity contribution in [3.8, 4) is 0 Å². The van der Waals surface area contributed by atoms with Crippen molar-refractivity contribution in [3.63, 3.8) is 0 Å². The Balaban J connectivity index is 1.72. The van der Waals surface area contributed by atoms with Gasteiger partial charge in [0, 0.05) is 18.1 Å². The standard InChI is InChI=1S/C15H18N4O3S2/c1-11-4-6-12(7-5-11)24(21,22)19-9-2-3-13(19)17-14(20)18-15-16-8-10-23-15/h4-8,10,13H,2-3,9H2,1H3,(H2,16,17,18,20). The van der Waals surface area contributed by atoms with Crippen LogP contribution in [0.5, 0.6) is 0 Å². The fourth-order valence-electron chi connectivity index (χ4n) is 2.59. The maximum absolute atomic E-state index is 12.8. The number of thiazole rings is 1. The van der Waals surface area contributed by atoms with Gasteiger partial charge in [0.2, 0.25) is 10.0 Å². The molecule has 2 aromatic rings. The fraction of sp³-hybridized carbons (Fsp3) is 0.333. The Bertz CT molecular complexity index is 804. The van der Waals surface area contributed by atoms with Crippen molar-refractivity contribution in [1.29, 1.82) is 0 Å². The highest BCUT2D eigenvalue weighted by Crippen LogP contribution is 2.25. The first kappa shape index (κ1) is 16.9. The number of carbonyl (C=O) groups is 1. The molecule has 0 bridgehead atoms. The first-order valence-electron chi connectivity index (χ1n) is 7.52. The van der Waals surface area contributed by atoms with E-state index in [1.807, 2.05) is 6.92 Å². The van der Waals surface area contributed by atoms with E-state index in [1.165, 1.54) is 15.6 Å². The Morgan fingerprint density at radius 1 is 1.33 bits per heavy atom. The summed E-state index contributed by atoms with van der Waals surface area (Å²) in [6.07, 6.45) is 2.31. The molecule has 0 spiro atoms. The Labute approximate surface area is 144 Å². The third-order valence-electron chi connectivity index (χ3n) is 3.78. The van der Waals surface area contributed by atoms with Crippen molar-refractivity contribution in [2.24, 2.45) is 0 Å². The highest BCUT2D eigenvalue weighted by atomic mass is 32.2. The third-order valence-corrected chi connectivity index (χ3v) is 6.39. The molecule has 0 aliphatic carbocycles. The second-order valence-corrected chi connectivity index (χ2v) is 8.31. The minimum atomic E-state index is -3.63. The van der Waals surface area contributed by atoms with Gasteiger partial charge in [-0.1, -0.05) is 17.7 Å². The van der Waals surface area contributed by atoms with Gasteiger partial charge in [-0.05, 0) is 31.9 Å². The number of hydrogen-bond acceptors (Lipinski definition) is 5. The number of sulfonamides is 1. The third kappa shape index (κ3) is 3.58. The molecule has 9 heteroatoms. The van der Waals surface area contributed by atoms with Gasteiger partial charge >= 0.3 is 6.03 Å². The van der Waals surface area contributed by atoms with Gasteiger partial charge in [-0.15, -0.1) is 11.3 Å². The van der Waals surface area contributed by atoms with Crippen LogP contribution in [-0.2, 0) is 10.0 Å². The number of nitrogens with one attached hydrogen (secondary N) is 2. The van der Waals surface area contributed by atoms with Crippen LogP contribution in [0, 0.1) is 6.92 Å². The van der Waals surface area contributed by atoms with Gasteiger partial charge in [-0.25, -0.2) is 18.2 Å².